The van der Waals surface area contributed by atoms with E-state index in [4.69, 9.17) is 6.42 Å². The summed E-state index contributed by atoms with van der Waals surface area (Å²) in [5, 5.41) is 8.19. The van der Waals surface area contributed by atoms with Crippen LogP contribution in [0.15, 0.2) is 10.2 Å². The molecule has 4 heteroatoms. The number of carbonyl (C=O) groups is 1. The van der Waals surface area contributed by atoms with Crippen molar-refractivity contribution < 1.29 is 4.79 Å². The summed E-state index contributed by atoms with van der Waals surface area (Å²) in [5.41, 5.74) is -0.309. The average molecular weight is 259 g/mol. The molecule has 19 heavy (non-hydrogen) atoms. The Hall–Kier alpha value is -1.37. The molecule has 0 bridgehead atoms. The Balaban J connectivity index is 1.48. The van der Waals surface area contributed by atoms with Crippen molar-refractivity contribution in [3.05, 3.63) is 0 Å². The first kappa shape index (κ1) is 12.7. The number of nitrogens with zero attached hydrogens (tertiary/aromatic N) is 3. The molecule has 0 aromatic carbocycles. The van der Waals surface area contributed by atoms with Crippen molar-refractivity contribution in [2.75, 3.05) is 6.54 Å². The summed E-state index contributed by atoms with van der Waals surface area (Å²) < 4.78 is 0. The van der Waals surface area contributed by atoms with Crippen LogP contribution in [0.2, 0.25) is 0 Å². The van der Waals surface area contributed by atoms with E-state index in [9.17, 15) is 4.79 Å². The van der Waals surface area contributed by atoms with E-state index in [1.54, 1.807) is 0 Å². The van der Waals surface area contributed by atoms with Crippen LogP contribution in [0.4, 0.5) is 0 Å². The second-order valence-electron chi connectivity index (χ2n) is 6.02. The molecular formula is C15H21N3O. The van der Waals surface area contributed by atoms with Crippen molar-refractivity contribution in [2.45, 2.75) is 63.1 Å². The monoisotopic (exact) mass is 259 g/mol. The van der Waals surface area contributed by atoms with Crippen LogP contribution in [0.3, 0.4) is 0 Å². The van der Waals surface area contributed by atoms with Crippen molar-refractivity contribution in [3.8, 4) is 12.3 Å². The lowest BCUT2D eigenvalue weighted by Crippen LogP contribution is -2.36. The fourth-order valence-corrected chi connectivity index (χ4v) is 3.66. The molecular weight excluding hydrogens is 238 g/mol. The summed E-state index contributed by atoms with van der Waals surface area (Å²) in [6.45, 7) is 0.958. The number of fused-ring (bicyclic) bond motifs is 1. The van der Waals surface area contributed by atoms with Gasteiger partial charge in [0.05, 0.1) is 0 Å². The van der Waals surface area contributed by atoms with Gasteiger partial charge < -0.3 is 4.90 Å². The average Bonchev–Trinajstić information content (AvgIpc) is 2.84. The van der Waals surface area contributed by atoms with Crippen LogP contribution in [0.5, 0.6) is 0 Å². The normalized spacial score (nSPS) is 30.2. The van der Waals surface area contributed by atoms with Crippen LogP contribution in [0.25, 0.3) is 0 Å². The van der Waals surface area contributed by atoms with E-state index in [0.29, 0.717) is 24.8 Å². The van der Waals surface area contributed by atoms with Crippen LogP contribution in [-0.4, -0.2) is 29.1 Å². The first-order chi connectivity index (χ1) is 9.24. The molecule has 2 heterocycles. The third-order valence-electron chi connectivity index (χ3n) is 4.87. The van der Waals surface area contributed by atoms with Crippen LogP contribution >= 0.6 is 0 Å². The summed E-state index contributed by atoms with van der Waals surface area (Å²) in [6, 6.07) is 0.530. The Bertz CT molecular complexity index is 431. The standard InChI is InChI=1S/C15H21N3O/c1-2-3-9-15(16-17-15)10-7-14(19)18-11-8-12-5-4-6-13(12)18/h1,12-13H,3-11H2. The SMILES string of the molecule is C#CCCC1(CCC(=O)N2CCC3CCCC32)N=N1. The fourth-order valence-electron chi connectivity index (χ4n) is 3.66. The number of amides is 1. The number of rotatable bonds is 5. The van der Waals surface area contributed by atoms with Crippen molar-refractivity contribution in [3.63, 3.8) is 0 Å². The zero-order valence-corrected chi connectivity index (χ0v) is 11.3. The van der Waals surface area contributed by atoms with Crippen molar-refractivity contribution in [1.82, 2.24) is 4.90 Å². The van der Waals surface area contributed by atoms with E-state index in [2.05, 4.69) is 21.0 Å². The Morgan fingerprint density at radius 1 is 1.32 bits per heavy atom. The molecule has 0 aromatic heterocycles. The van der Waals surface area contributed by atoms with E-state index in [0.717, 1.165) is 25.3 Å². The lowest BCUT2D eigenvalue weighted by Gasteiger charge is -2.24. The van der Waals surface area contributed by atoms with Crippen LogP contribution in [0.1, 0.15) is 51.4 Å². The van der Waals surface area contributed by atoms with Crippen molar-refractivity contribution >= 4 is 5.91 Å². The van der Waals surface area contributed by atoms with Gasteiger partial charge in [0.25, 0.3) is 0 Å². The van der Waals surface area contributed by atoms with Crippen molar-refractivity contribution in [1.29, 1.82) is 0 Å². The van der Waals surface area contributed by atoms with E-state index in [-0.39, 0.29) is 5.66 Å². The van der Waals surface area contributed by atoms with E-state index in [1.807, 2.05) is 0 Å². The third kappa shape index (κ3) is 2.51. The second-order valence-corrected chi connectivity index (χ2v) is 6.02. The number of hydrogen-bond donors (Lipinski definition) is 0. The van der Waals surface area contributed by atoms with Gasteiger partial charge in [-0.3, -0.25) is 4.79 Å². The molecule has 2 unspecified atom stereocenters. The molecule has 1 amide bonds. The first-order valence-corrected chi connectivity index (χ1v) is 7.41. The third-order valence-corrected chi connectivity index (χ3v) is 4.87. The highest BCUT2D eigenvalue weighted by Gasteiger charge is 2.42. The lowest BCUT2D eigenvalue weighted by atomic mass is 10.0. The highest BCUT2D eigenvalue weighted by Crippen LogP contribution is 2.40. The Morgan fingerprint density at radius 2 is 2.16 bits per heavy atom. The predicted octanol–water partition coefficient (Wildman–Crippen LogP) is 2.74. The minimum absolute atomic E-state index is 0.298. The molecule has 0 spiro atoms. The smallest absolute Gasteiger partial charge is 0.222 e. The molecule has 1 saturated carbocycles. The fraction of sp³-hybridized carbons (Fsp3) is 0.800. The topological polar surface area (TPSA) is 45.0 Å². The maximum absolute atomic E-state index is 12.3. The Morgan fingerprint density at radius 3 is 2.89 bits per heavy atom. The summed E-state index contributed by atoms with van der Waals surface area (Å²) in [7, 11) is 0. The van der Waals surface area contributed by atoms with E-state index in [1.165, 1.54) is 25.7 Å². The molecule has 3 aliphatic rings. The Kier molecular flexibility index (Phi) is 3.30. The first-order valence-electron chi connectivity index (χ1n) is 7.41. The molecule has 2 fully saturated rings. The molecule has 0 aromatic rings. The summed E-state index contributed by atoms with van der Waals surface area (Å²) in [5.74, 6) is 3.69. The lowest BCUT2D eigenvalue weighted by molar-refractivity contribution is -0.132. The van der Waals surface area contributed by atoms with Gasteiger partial charge in [-0.15, -0.1) is 12.3 Å². The molecule has 2 aliphatic heterocycles. The molecule has 0 radical (unpaired) electrons. The van der Waals surface area contributed by atoms with Gasteiger partial charge in [0, 0.05) is 38.3 Å². The highest BCUT2D eigenvalue weighted by molar-refractivity contribution is 5.77. The van der Waals surface area contributed by atoms with Crippen LogP contribution < -0.4 is 0 Å². The second kappa shape index (κ2) is 4.96. The summed E-state index contributed by atoms with van der Waals surface area (Å²) in [6.07, 6.45) is 13.1. The van der Waals surface area contributed by atoms with Gasteiger partial charge in [0.15, 0.2) is 5.66 Å². The molecule has 1 aliphatic carbocycles. The molecule has 0 N–H and O–H groups in total. The van der Waals surface area contributed by atoms with Gasteiger partial charge in [-0.1, -0.05) is 6.42 Å². The number of carbonyl (C=O) groups excluding carboxylic acids is 1. The minimum Gasteiger partial charge on any atom is -0.339 e. The van der Waals surface area contributed by atoms with Gasteiger partial charge in [-0.05, 0) is 25.2 Å². The van der Waals surface area contributed by atoms with E-state index >= 15 is 0 Å². The number of hydrogen-bond acceptors (Lipinski definition) is 3. The summed E-state index contributed by atoms with van der Waals surface area (Å²) in [4.78, 5) is 14.5. The summed E-state index contributed by atoms with van der Waals surface area (Å²) >= 11 is 0. The maximum atomic E-state index is 12.3. The van der Waals surface area contributed by atoms with Gasteiger partial charge >= 0.3 is 0 Å². The highest BCUT2D eigenvalue weighted by atomic mass is 16.2. The minimum atomic E-state index is -0.309. The Labute approximate surface area is 114 Å². The number of terminal acetylenes is 1. The molecule has 2 atom stereocenters. The number of likely N-dealkylation sites (tertiary alicyclic amines) is 1. The molecule has 3 rings (SSSR count). The molecule has 4 nitrogen and oxygen atoms in total. The quantitative estimate of drug-likeness (QED) is 0.700. The predicted molar refractivity (Wildman–Crippen MR) is 72.3 cm³/mol. The molecule has 102 valence electrons. The largest absolute Gasteiger partial charge is 0.339 e. The van der Waals surface area contributed by atoms with Gasteiger partial charge in [0.1, 0.15) is 0 Å². The van der Waals surface area contributed by atoms with E-state index < -0.39 is 0 Å². The zero-order valence-electron chi connectivity index (χ0n) is 11.3. The zero-order chi connectivity index (χ0) is 13.3. The van der Waals surface area contributed by atoms with Crippen LogP contribution in [0, 0.1) is 18.3 Å². The van der Waals surface area contributed by atoms with Gasteiger partial charge in [-0.25, -0.2) is 0 Å². The van der Waals surface area contributed by atoms with Crippen molar-refractivity contribution in [2.24, 2.45) is 16.1 Å². The van der Waals surface area contributed by atoms with Gasteiger partial charge in [0.2, 0.25) is 5.91 Å². The van der Waals surface area contributed by atoms with Crippen LogP contribution in [-0.2, 0) is 4.79 Å². The maximum Gasteiger partial charge on any atom is 0.222 e. The molecule has 1 saturated heterocycles. The van der Waals surface area contributed by atoms with Gasteiger partial charge in [-0.2, -0.15) is 10.2 Å².